The molecule has 0 spiro atoms. The molecule has 0 radical (unpaired) electrons. The van der Waals surface area contributed by atoms with Crippen LogP contribution in [0.25, 0.3) is 0 Å². The molecule has 1 aromatic carbocycles. The summed E-state index contributed by atoms with van der Waals surface area (Å²) in [6, 6.07) is 6.94. The molecular formula is C19H26N2O4S. The van der Waals surface area contributed by atoms with Crippen molar-refractivity contribution in [3.05, 3.63) is 29.8 Å². The van der Waals surface area contributed by atoms with Gasteiger partial charge in [0.15, 0.2) is 0 Å². The van der Waals surface area contributed by atoms with Crippen molar-refractivity contribution in [2.75, 3.05) is 20.2 Å². The fraction of sp³-hybridized carbons (Fsp3) is 0.632. The monoisotopic (exact) mass is 378 g/mol. The summed E-state index contributed by atoms with van der Waals surface area (Å²) in [6.07, 6.45) is 5.89. The molecule has 0 aliphatic carbocycles. The first kappa shape index (κ1) is 17.9. The number of hydrogen-bond acceptors (Lipinski definition) is 4. The van der Waals surface area contributed by atoms with Gasteiger partial charge in [0.05, 0.1) is 11.0 Å². The van der Waals surface area contributed by atoms with E-state index in [2.05, 4.69) is 0 Å². The van der Waals surface area contributed by atoms with E-state index in [9.17, 15) is 13.2 Å². The second-order valence-electron chi connectivity index (χ2n) is 7.56. The summed E-state index contributed by atoms with van der Waals surface area (Å²) in [6.45, 7) is 1.17. The van der Waals surface area contributed by atoms with Gasteiger partial charge in [0.2, 0.25) is 10.0 Å². The molecule has 3 aliphatic heterocycles. The van der Waals surface area contributed by atoms with Gasteiger partial charge in [-0.1, -0.05) is 0 Å². The molecular weight excluding hydrogens is 352 g/mol. The van der Waals surface area contributed by atoms with Crippen LogP contribution in [-0.4, -0.2) is 61.9 Å². The highest BCUT2D eigenvalue weighted by Gasteiger charge is 2.43. The number of carbonyl (C=O) groups excluding carboxylic acids is 1. The second-order valence-corrected chi connectivity index (χ2v) is 9.50. The third-order valence-electron chi connectivity index (χ3n) is 6.06. The average molecular weight is 378 g/mol. The van der Waals surface area contributed by atoms with Crippen LogP contribution in [-0.2, 0) is 14.8 Å². The van der Waals surface area contributed by atoms with Gasteiger partial charge in [-0.2, -0.15) is 4.31 Å². The summed E-state index contributed by atoms with van der Waals surface area (Å²) < 4.78 is 32.3. The van der Waals surface area contributed by atoms with E-state index in [-0.39, 0.29) is 29.0 Å². The molecule has 6 nitrogen and oxygen atoms in total. The van der Waals surface area contributed by atoms with Crippen LogP contribution in [0.15, 0.2) is 29.2 Å². The largest absolute Gasteiger partial charge is 0.381 e. The molecule has 3 saturated heterocycles. The lowest BCUT2D eigenvalue weighted by molar-refractivity contribution is 0.00822. The molecule has 2 atom stereocenters. The molecule has 4 rings (SSSR count). The van der Waals surface area contributed by atoms with E-state index in [0.29, 0.717) is 18.7 Å². The van der Waals surface area contributed by atoms with Gasteiger partial charge < -0.3 is 9.64 Å². The molecule has 2 unspecified atom stereocenters. The van der Waals surface area contributed by atoms with Crippen molar-refractivity contribution in [3.63, 3.8) is 0 Å². The van der Waals surface area contributed by atoms with Crippen molar-refractivity contribution in [2.24, 2.45) is 0 Å². The van der Waals surface area contributed by atoms with Crippen LogP contribution < -0.4 is 0 Å². The summed E-state index contributed by atoms with van der Waals surface area (Å²) >= 11 is 0. The fourth-order valence-corrected chi connectivity index (χ4v) is 6.16. The lowest BCUT2D eigenvalue weighted by Crippen LogP contribution is -2.48. The molecule has 3 aliphatic rings. The van der Waals surface area contributed by atoms with E-state index in [4.69, 9.17) is 4.74 Å². The molecule has 142 valence electrons. The Morgan fingerprint density at radius 1 is 1.04 bits per heavy atom. The number of benzene rings is 1. The van der Waals surface area contributed by atoms with Crippen LogP contribution in [0.1, 0.15) is 48.9 Å². The number of piperidine rings is 1. The predicted molar refractivity (Wildman–Crippen MR) is 97.4 cm³/mol. The molecule has 0 aromatic heterocycles. The molecule has 2 bridgehead atoms. The highest BCUT2D eigenvalue weighted by atomic mass is 32.2. The van der Waals surface area contributed by atoms with Gasteiger partial charge in [-0.25, -0.2) is 8.42 Å². The molecule has 0 N–H and O–H groups in total. The first-order valence-corrected chi connectivity index (χ1v) is 10.9. The van der Waals surface area contributed by atoms with Crippen LogP contribution in [0.5, 0.6) is 0 Å². The van der Waals surface area contributed by atoms with Crippen molar-refractivity contribution in [1.82, 2.24) is 9.21 Å². The maximum absolute atomic E-state index is 13.0. The van der Waals surface area contributed by atoms with Crippen LogP contribution in [0.2, 0.25) is 0 Å². The zero-order valence-corrected chi connectivity index (χ0v) is 16.0. The van der Waals surface area contributed by atoms with Gasteiger partial charge in [0, 0.05) is 37.8 Å². The number of ether oxygens (including phenoxy) is 1. The van der Waals surface area contributed by atoms with Gasteiger partial charge in [0.25, 0.3) is 5.91 Å². The van der Waals surface area contributed by atoms with E-state index in [1.165, 1.54) is 4.31 Å². The number of rotatable bonds is 4. The SMILES string of the molecule is COC1CC2CCC(C1)N2C(=O)c1ccc(S(=O)(=O)N2CCCC2)cc1. The minimum absolute atomic E-state index is 0.0113. The van der Waals surface area contributed by atoms with Gasteiger partial charge in [0.1, 0.15) is 0 Å². The van der Waals surface area contributed by atoms with Crippen LogP contribution in [0, 0.1) is 0 Å². The summed E-state index contributed by atoms with van der Waals surface area (Å²) in [5.74, 6) is 0.0113. The van der Waals surface area contributed by atoms with Crippen molar-refractivity contribution < 1.29 is 17.9 Å². The number of hydrogen-bond donors (Lipinski definition) is 0. The van der Waals surface area contributed by atoms with Crippen molar-refractivity contribution in [3.8, 4) is 0 Å². The number of amides is 1. The minimum atomic E-state index is -3.43. The minimum Gasteiger partial charge on any atom is -0.381 e. The maximum atomic E-state index is 13.0. The Hall–Kier alpha value is -1.44. The third kappa shape index (κ3) is 3.06. The fourth-order valence-electron chi connectivity index (χ4n) is 4.65. The molecule has 0 saturated carbocycles. The Bertz CT molecular complexity index is 757. The predicted octanol–water partition coefficient (Wildman–Crippen LogP) is 2.25. The molecule has 3 heterocycles. The van der Waals surface area contributed by atoms with Crippen molar-refractivity contribution in [2.45, 2.75) is 61.6 Å². The Morgan fingerprint density at radius 3 is 2.15 bits per heavy atom. The first-order chi connectivity index (χ1) is 12.5. The quantitative estimate of drug-likeness (QED) is 0.806. The average Bonchev–Trinajstić information content (AvgIpc) is 3.28. The van der Waals surface area contributed by atoms with E-state index >= 15 is 0 Å². The van der Waals surface area contributed by atoms with E-state index in [1.807, 2.05) is 4.90 Å². The molecule has 26 heavy (non-hydrogen) atoms. The van der Waals surface area contributed by atoms with E-state index in [0.717, 1.165) is 38.5 Å². The van der Waals surface area contributed by atoms with E-state index in [1.54, 1.807) is 31.4 Å². The van der Waals surface area contributed by atoms with Crippen molar-refractivity contribution in [1.29, 1.82) is 0 Å². The summed E-state index contributed by atoms with van der Waals surface area (Å²) in [5, 5.41) is 0. The van der Waals surface area contributed by atoms with Crippen LogP contribution >= 0.6 is 0 Å². The second kappa shape index (κ2) is 6.94. The topological polar surface area (TPSA) is 66.9 Å². The lowest BCUT2D eigenvalue weighted by Gasteiger charge is -2.38. The number of methoxy groups -OCH3 is 1. The smallest absolute Gasteiger partial charge is 0.254 e. The number of carbonyl (C=O) groups is 1. The molecule has 1 amide bonds. The summed E-state index contributed by atoms with van der Waals surface area (Å²) in [5.41, 5.74) is 0.568. The van der Waals surface area contributed by atoms with Gasteiger partial charge in [-0.3, -0.25) is 4.79 Å². The van der Waals surface area contributed by atoms with Crippen LogP contribution in [0.3, 0.4) is 0 Å². The van der Waals surface area contributed by atoms with Crippen molar-refractivity contribution >= 4 is 15.9 Å². The number of sulfonamides is 1. The Kier molecular flexibility index (Phi) is 4.79. The Morgan fingerprint density at radius 2 is 1.62 bits per heavy atom. The summed E-state index contributed by atoms with van der Waals surface area (Å²) in [4.78, 5) is 15.3. The van der Waals surface area contributed by atoms with E-state index < -0.39 is 10.0 Å². The Balaban J connectivity index is 1.51. The highest BCUT2D eigenvalue weighted by Crippen LogP contribution is 2.37. The zero-order chi connectivity index (χ0) is 18.3. The third-order valence-corrected chi connectivity index (χ3v) is 7.97. The highest BCUT2D eigenvalue weighted by molar-refractivity contribution is 7.89. The number of nitrogens with zero attached hydrogens (tertiary/aromatic N) is 2. The zero-order valence-electron chi connectivity index (χ0n) is 15.1. The standard InChI is InChI=1S/C19H26N2O4S/c1-25-17-12-15-6-7-16(13-17)21(15)19(22)14-4-8-18(9-5-14)26(23,24)20-10-2-3-11-20/h4-5,8-9,15-17H,2-3,6-7,10-13H2,1H3. The first-order valence-electron chi connectivity index (χ1n) is 9.46. The number of fused-ring (bicyclic) bond motifs is 2. The molecule has 7 heteroatoms. The lowest BCUT2D eigenvalue weighted by atomic mass is 9.98. The Labute approximate surface area is 155 Å². The van der Waals surface area contributed by atoms with Crippen LogP contribution in [0.4, 0.5) is 0 Å². The maximum Gasteiger partial charge on any atom is 0.254 e. The van der Waals surface area contributed by atoms with Gasteiger partial charge in [-0.05, 0) is 62.8 Å². The molecule has 3 fully saturated rings. The van der Waals surface area contributed by atoms with Gasteiger partial charge >= 0.3 is 0 Å². The normalized spacial score (nSPS) is 29.3. The van der Waals surface area contributed by atoms with Gasteiger partial charge in [-0.15, -0.1) is 0 Å². The summed E-state index contributed by atoms with van der Waals surface area (Å²) in [7, 11) is -1.70. The molecule has 1 aromatic rings.